The van der Waals surface area contributed by atoms with Gasteiger partial charge in [0.05, 0.1) is 11.9 Å². The fourth-order valence-electron chi connectivity index (χ4n) is 6.04. The number of nitrogens with zero attached hydrogens (tertiary/aromatic N) is 1. The molecule has 0 bridgehead atoms. The lowest BCUT2D eigenvalue weighted by atomic mass is 9.85. The van der Waals surface area contributed by atoms with Crippen molar-refractivity contribution in [2.45, 2.75) is 76.0 Å². The Morgan fingerprint density at radius 3 is 2.53 bits per heavy atom. The molecule has 10 nitrogen and oxygen atoms in total. The molecule has 43 heavy (non-hydrogen) atoms. The molecule has 0 radical (unpaired) electrons. The van der Waals surface area contributed by atoms with E-state index in [9.17, 15) is 24.0 Å². The molecule has 0 aromatic heterocycles. The Kier molecular flexibility index (Phi) is 8.91. The highest BCUT2D eigenvalue weighted by Crippen LogP contribution is 2.41. The second kappa shape index (κ2) is 12.5. The van der Waals surface area contributed by atoms with Crippen molar-refractivity contribution in [1.29, 1.82) is 0 Å². The van der Waals surface area contributed by atoms with Gasteiger partial charge >= 0.3 is 12.1 Å². The SMILES string of the molecule is COC(=O)NC(C(=O)N1[C@@H](C)CC[C@H]1C(=O)OCC(=O)c1ccc2c(c1)COc1cc3c(cc1-2)CC[C@H](Br)C3=O)C(C)C. The molecular weight excluding hydrogens is 620 g/mol. The zero-order valence-corrected chi connectivity index (χ0v) is 26.2. The molecule has 1 aliphatic carbocycles. The first-order valence-corrected chi connectivity index (χ1v) is 15.4. The van der Waals surface area contributed by atoms with E-state index in [1.165, 1.54) is 12.0 Å². The van der Waals surface area contributed by atoms with Crippen LogP contribution in [-0.2, 0) is 32.1 Å². The van der Waals surface area contributed by atoms with Crippen LogP contribution in [0.1, 0.15) is 71.9 Å². The molecule has 1 saturated heterocycles. The number of alkyl carbamates (subject to hydrolysis) is 1. The van der Waals surface area contributed by atoms with E-state index in [0.29, 0.717) is 29.7 Å². The number of amides is 2. The highest BCUT2D eigenvalue weighted by molar-refractivity contribution is 9.10. The molecule has 3 aliphatic rings. The molecule has 2 aliphatic heterocycles. The number of ketones is 2. The van der Waals surface area contributed by atoms with Crippen LogP contribution in [0.15, 0.2) is 30.3 Å². The van der Waals surface area contributed by atoms with Crippen LogP contribution in [0.4, 0.5) is 4.79 Å². The second-order valence-corrected chi connectivity index (χ2v) is 12.7. The van der Waals surface area contributed by atoms with Gasteiger partial charge in [0.2, 0.25) is 5.91 Å². The average molecular weight is 656 g/mol. The summed E-state index contributed by atoms with van der Waals surface area (Å²) in [6.45, 7) is 5.19. The first kappa shape index (κ1) is 30.7. The van der Waals surface area contributed by atoms with E-state index in [1.54, 1.807) is 26.0 Å². The average Bonchev–Trinajstić information content (AvgIpc) is 3.39. The highest BCUT2D eigenvalue weighted by atomic mass is 79.9. The van der Waals surface area contributed by atoms with Crippen molar-refractivity contribution >= 4 is 45.5 Å². The molecule has 2 aromatic carbocycles. The molecule has 11 heteroatoms. The van der Waals surface area contributed by atoms with E-state index < -0.39 is 36.7 Å². The third kappa shape index (κ3) is 6.04. The van der Waals surface area contributed by atoms with Gasteiger partial charge in [-0.15, -0.1) is 0 Å². The van der Waals surface area contributed by atoms with Crippen molar-refractivity contribution in [1.82, 2.24) is 10.2 Å². The smallest absolute Gasteiger partial charge is 0.407 e. The van der Waals surface area contributed by atoms with Crippen LogP contribution in [0.2, 0.25) is 0 Å². The number of rotatable bonds is 7. The maximum Gasteiger partial charge on any atom is 0.407 e. The predicted octanol–water partition coefficient (Wildman–Crippen LogP) is 4.62. The van der Waals surface area contributed by atoms with Gasteiger partial charge in [-0.3, -0.25) is 14.4 Å². The number of alkyl halides is 1. The Labute approximate surface area is 258 Å². The van der Waals surface area contributed by atoms with Crippen molar-refractivity contribution < 1.29 is 38.2 Å². The quantitative estimate of drug-likeness (QED) is 0.260. The van der Waals surface area contributed by atoms with Crippen molar-refractivity contribution in [2.24, 2.45) is 5.92 Å². The minimum absolute atomic E-state index is 0.0612. The summed E-state index contributed by atoms with van der Waals surface area (Å²) in [5, 5.41) is 2.56. The van der Waals surface area contributed by atoms with Gasteiger partial charge in [0.1, 0.15) is 24.4 Å². The van der Waals surface area contributed by atoms with Crippen molar-refractivity contribution in [3.05, 3.63) is 52.6 Å². The Morgan fingerprint density at radius 1 is 1.05 bits per heavy atom. The maximum atomic E-state index is 13.4. The van der Waals surface area contributed by atoms with E-state index >= 15 is 0 Å². The van der Waals surface area contributed by atoms with Gasteiger partial charge in [0.25, 0.3) is 0 Å². The van der Waals surface area contributed by atoms with Gasteiger partial charge in [-0.1, -0.05) is 41.9 Å². The summed E-state index contributed by atoms with van der Waals surface area (Å²) >= 11 is 3.45. The Balaban J connectivity index is 1.26. The summed E-state index contributed by atoms with van der Waals surface area (Å²) < 4.78 is 16.1. The number of hydrogen-bond acceptors (Lipinski definition) is 8. The monoisotopic (exact) mass is 654 g/mol. The van der Waals surface area contributed by atoms with E-state index in [1.807, 2.05) is 25.1 Å². The van der Waals surface area contributed by atoms with Crippen LogP contribution in [-0.4, -0.2) is 71.1 Å². The number of halogens is 1. The van der Waals surface area contributed by atoms with Crippen LogP contribution < -0.4 is 10.1 Å². The van der Waals surface area contributed by atoms with Gasteiger partial charge < -0.3 is 24.4 Å². The fraction of sp³-hybridized carbons (Fsp3) is 0.469. The predicted molar refractivity (Wildman–Crippen MR) is 160 cm³/mol. The van der Waals surface area contributed by atoms with Gasteiger partial charge in [-0.2, -0.15) is 0 Å². The lowest BCUT2D eigenvalue weighted by Gasteiger charge is -2.32. The van der Waals surface area contributed by atoms with Gasteiger partial charge in [0.15, 0.2) is 18.2 Å². The largest absolute Gasteiger partial charge is 0.488 e. The molecule has 2 amide bonds. The number of fused-ring (bicyclic) bond motifs is 4. The standard InChI is InChI=1S/C32H35BrN2O8/c1-16(2)28(34-32(40)41-4)30(38)35-17(3)5-10-25(35)31(39)43-15-26(36)19-6-8-21-20(11-19)14-42-27-13-22-18(12-23(21)27)7-9-24(33)29(22)37/h6,8,11-13,16-17,24-25,28H,5,7,9-10,14-15H2,1-4H3,(H,34,40)/t17-,24-,25-,28?/m0/s1. The number of likely N-dealkylation sites (tertiary alicyclic amines) is 1. The first-order chi connectivity index (χ1) is 20.5. The summed E-state index contributed by atoms with van der Waals surface area (Å²) in [5.41, 5.74) is 4.68. The summed E-state index contributed by atoms with van der Waals surface area (Å²) in [4.78, 5) is 65.3. The van der Waals surface area contributed by atoms with Crippen LogP contribution in [0.5, 0.6) is 5.75 Å². The number of nitrogens with one attached hydrogen (secondary N) is 1. The molecule has 1 unspecified atom stereocenters. The summed E-state index contributed by atoms with van der Waals surface area (Å²) in [5.74, 6) is -0.977. The van der Waals surface area contributed by atoms with Crippen molar-refractivity contribution in [3.63, 3.8) is 0 Å². The molecular formula is C32H35BrN2O8. The van der Waals surface area contributed by atoms with Gasteiger partial charge in [0, 0.05) is 22.7 Å². The summed E-state index contributed by atoms with van der Waals surface area (Å²) in [6, 6.07) is 7.14. The number of Topliss-reactive ketones (excluding diaryl/α,β-unsaturated/α-hetero) is 2. The van der Waals surface area contributed by atoms with Crippen LogP contribution in [0.3, 0.4) is 0 Å². The van der Waals surface area contributed by atoms with Crippen LogP contribution >= 0.6 is 15.9 Å². The number of aryl methyl sites for hydroxylation is 1. The third-order valence-corrected chi connectivity index (χ3v) is 9.33. The van der Waals surface area contributed by atoms with E-state index in [0.717, 1.165) is 35.1 Å². The third-order valence-electron chi connectivity index (χ3n) is 8.46. The Morgan fingerprint density at radius 2 is 1.81 bits per heavy atom. The molecule has 2 aromatic rings. The number of esters is 1. The van der Waals surface area contributed by atoms with Crippen LogP contribution in [0.25, 0.3) is 11.1 Å². The zero-order valence-electron chi connectivity index (χ0n) is 24.6. The van der Waals surface area contributed by atoms with E-state index in [2.05, 4.69) is 26.0 Å². The number of ether oxygens (including phenoxy) is 3. The van der Waals surface area contributed by atoms with Crippen molar-refractivity contribution in [2.75, 3.05) is 13.7 Å². The molecule has 2 heterocycles. The number of hydrogen-bond donors (Lipinski definition) is 1. The van der Waals surface area contributed by atoms with Crippen LogP contribution in [0, 0.1) is 5.92 Å². The minimum Gasteiger partial charge on any atom is -0.488 e. The minimum atomic E-state index is -0.875. The normalized spacial score (nSPS) is 21.2. The molecule has 4 atom stereocenters. The first-order valence-electron chi connectivity index (χ1n) is 14.5. The maximum absolute atomic E-state index is 13.4. The molecule has 1 fully saturated rings. The molecule has 228 valence electrons. The fourth-order valence-corrected chi connectivity index (χ4v) is 6.52. The number of carbonyl (C=O) groups is 5. The molecule has 0 spiro atoms. The summed E-state index contributed by atoms with van der Waals surface area (Å²) in [6.07, 6.45) is 1.76. The second-order valence-electron chi connectivity index (χ2n) is 11.6. The molecule has 5 rings (SSSR count). The number of carbonyl (C=O) groups excluding carboxylic acids is 5. The van der Waals surface area contributed by atoms with E-state index in [4.69, 9.17) is 9.47 Å². The number of benzene rings is 2. The zero-order chi connectivity index (χ0) is 31.0. The van der Waals surface area contributed by atoms with Crippen molar-refractivity contribution in [3.8, 4) is 16.9 Å². The summed E-state index contributed by atoms with van der Waals surface area (Å²) in [7, 11) is 1.22. The van der Waals surface area contributed by atoms with Gasteiger partial charge in [-0.05, 0) is 73.4 Å². The lowest BCUT2D eigenvalue weighted by Crippen LogP contribution is -2.55. The highest BCUT2D eigenvalue weighted by Gasteiger charge is 2.43. The molecule has 1 N–H and O–H groups in total. The molecule has 0 saturated carbocycles. The lowest BCUT2D eigenvalue weighted by molar-refractivity contribution is -0.154. The Hall–Kier alpha value is -3.73. The topological polar surface area (TPSA) is 128 Å². The Bertz CT molecular complexity index is 1490. The van der Waals surface area contributed by atoms with Gasteiger partial charge in [-0.25, -0.2) is 9.59 Å². The number of methoxy groups -OCH3 is 1. The van der Waals surface area contributed by atoms with E-state index in [-0.39, 0.29) is 35.0 Å².